The van der Waals surface area contributed by atoms with Crippen molar-refractivity contribution < 1.29 is 14.2 Å². The molecule has 0 radical (unpaired) electrons. The van der Waals surface area contributed by atoms with Gasteiger partial charge in [0.1, 0.15) is 30.5 Å². The van der Waals surface area contributed by atoms with Gasteiger partial charge in [0.05, 0.1) is 7.11 Å². The van der Waals surface area contributed by atoms with Crippen LogP contribution in [0.1, 0.15) is 18.4 Å². The number of rotatable bonds is 9. The first kappa shape index (κ1) is 21.0. The molecule has 162 valence electrons. The Morgan fingerprint density at radius 2 is 1.68 bits per heavy atom. The number of nitrogens with zero attached hydrogens (tertiary/aromatic N) is 2. The number of pyridine rings is 1. The second kappa shape index (κ2) is 10.2. The van der Waals surface area contributed by atoms with Crippen LogP contribution < -0.4 is 19.8 Å². The fourth-order valence-electron chi connectivity index (χ4n) is 3.69. The number of methoxy groups -OCH3 is 1. The summed E-state index contributed by atoms with van der Waals surface area (Å²) in [6, 6.07) is 18.5. The van der Waals surface area contributed by atoms with E-state index in [0.717, 1.165) is 29.3 Å². The van der Waals surface area contributed by atoms with Gasteiger partial charge >= 0.3 is 0 Å². The van der Waals surface area contributed by atoms with Crippen molar-refractivity contribution in [2.24, 2.45) is 0 Å². The third-order valence-corrected chi connectivity index (χ3v) is 5.42. The highest BCUT2D eigenvalue weighted by Crippen LogP contribution is 2.18. The fraction of sp³-hybridized carbons (Fsp3) is 0.320. The van der Waals surface area contributed by atoms with Gasteiger partial charge in [-0.15, -0.1) is 0 Å². The number of likely N-dealkylation sites (tertiary alicyclic amines) is 1. The Balaban J connectivity index is 1.34. The number of hydrogen-bond acceptors (Lipinski definition) is 5. The number of hydrogen-bond donors (Lipinski definition) is 0. The highest BCUT2D eigenvalue weighted by molar-refractivity contribution is 5.38. The maximum atomic E-state index is 12.6. The molecule has 6 heteroatoms. The van der Waals surface area contributed by atoms with E-state index in [1.54, 1.807) is 23.9 Å². The molecule has 1 aliphatic rings. The smallest absolute Gasteiger partial charge is 0.258 e. The van der Waals surface area contributed by atoms with Gasteiger partial charge in [0.25, 0.3) is 5.56 Å². The van der Waals surface area contributed by atoms with E-state index in [0.29, 0.717) is 19.0 Å². The maximum absolute atomic E-state index is 12.6. The lowest BCUT2D eigenvalue weighted by atomic mass is 10.2. The third-order valence-electron chi connectivity index (χ3n) is 5.42. The molecule has 1 saturated heterocycles. The Morgan fingerprint density at radius 3 is 2.42 bits per heavy atom. The van der Waals surface area contributed by atoms with Crippen LogP contribution in [0.3, 0.4) is 0 Å². The van der Waals surface area contributed by atoms with Crippen molar-refractivity contribution in [3.05, 3.63) is 82.8 Å². The predicted molar refractivity (Wildman–Crippen MR) is 121 cm³/mol. The van der Waals surface area contributed by atoms with E-state index in [1.165, 1.54) is 32.0 Å². The van der Waals surface area contributed by atoms with Crippen molar-refractivity contribution in [3.8, 4) is 22.9 Å². The molecule has 4 rings (SSSR count). The quantitative estimate of drug-likeness (QED) is 0.526. The summed E-state index contributed by atoms with van der Waals surface area (Å²) in [5.74, 6) is 2.13. The second-order valence-electron chi connectivity index (χ2n) is 7.60. The Hall–Kier alpha value is -3.25. The molecular weight excluding hydrogens is 392 g/mol. The van der Waals surface area contributed by atoms with Crippen molar-refractivity contribution in [1.29, 1.82) is 0 Å². The molecule has 1 aromatic heterocycles. The Labute approximate surface area is 182 Å². The zero-order valence-corrected chi connectivity index (χ0v) is 17.8. The van der Waals surface area contributed by atoms with Crippen molar-refractivity contribution in [3.63, 3.8) is 0 Å². The van der Waals surface area contributed by atoms with Crippen LogP contribution in [0.5, 0.6) is 17.2 Å². The van der Waals surface area contributed by atoms with Crippen molar-refractivity contribution in [2.45, 2.75) is 19.4 Å². The summed E-state index contributed by atoms with van der Waals surface area (Å²) in [5, 5.41) is 0. The van der Waals surface area contributed by atoms with Gasteiger partial charge in [0.2, 0.25) is 0 Å². The van der Waals surface area contributed by atoms with Crippen molar-refractivity contribution in [1.82, 2.24) is 9.47 Å². The van der Waals surface area contributed by atoms with Crippen LogP contribution >= 0.6 is 0 Å². The van der Waals surface area contributed by atoms with E-state index < -0.39 is 0 Å². The minimum Gasteiger partial charge on any atom is -0.497 e. The normalized spacial score (nSPS) is 13.8. The fourth-order valence-corrected chi connectivity index (χ4v) is 3.69. The van der Waals surface area contributed by atoms with Crippen molar-refractivity contribution >= 4 is 0 Å². The van der Waals surface area contributed by atoms with Crippen molar-refractivity contribution in [2.75, 3.05) is 33.4 Å². The molecule has 31 heavy (non-hydrogen) atoms. The van der Waals surface area contributed by atoms with Gasteiger partial charge in [-0.05, 0) is 74.0 Å². The highest BCUT2D eigenvalue weighted by Gasteiger charge is 2.11. The minimum atomic E-state index is -0.147. The molecule has 0 N–H and O–H groups in total. The van der Waals surface area contributed by atoms with Crippen LogP contribution in [0.15, 0.2) is 71.7 Å². The number of ether oxygens (including phenoxy) is 3. The average Bonchev–Trinajstić information content (AvgIpc) is 3.32. The van der Waals surface area contributed by atoms with Crippen LogP contribution in [0.4, 0.5) is 0 Å². The van der Waals surface area contributed by atoms with Gasteiger partial charge in [0, 0.05) is 24.5 Å². The summed E-state index contributed by atoms with van der Waals surface area (Å²) >= 11 is 0. The van der Waals surface area contributed by atoms with E-state index in [2.05, 4.69) is 4.90 Å². The van der Waals surface area contributed by atoms with E-state index in [9.17, 15) is 4.79 Å². The molecule has 6 nitrogen and oxygen atoms in total. The molecule has 2 heterocycles. The summed E-state index contributed by atoms with van der Waals surface area (Å²) in [5.41, 5.74) is 1.62. The first-order chi connectivity index (χ1) is 15.2. The molecule has 0 saturated carbocycles. The largest absolute Gasteiger partial charge is 0.497 e. The lowest BCUT2D eigenvalue weighted by Gasteiger charge is -2.15. The summed E-state index contributed by atoms with van der Waals surface area (Å²) in [7, 11) is 1.63. The summed E-state index contributed by atoms with van der Waals surface area (Å²) in [6.07, 6.45) is 4.30. The monoisotopic (exact) mass is 420 g/mol. The van der Waals surface area contributed by atoms with E-state index in [1.807, 2.05) is 48.5 Å². The molecule has 1 fully saturated rings. The zero-order chi connectivity index (χ0) is 21.5. The third kappa shape index (κ3) is 5.67. The Morgan fingerprint density at radius 1 is 0.871 bits per heavy atom. The van der Waals surface area contributed by atoms with Crippen LogP contribution in [-0.4, -0.2) is 42.8 Å². The molecule has 2 aromatic carbocycles. The first-order valence-corrected chi connectivity index (χ1v) is 10.7. The Kier molecular flexibility index (Phi) is 6.89. The Bertz CT molecular complexity index is 1040. The van der Waals surface area contributed by atoms with Crippen LogP contribution in [0.25, 0.3) is 5.69 Å². The van der Waals surface area contributed by atoms with Gasteiger partial charge in [-0.2, -0.15) is 0 Å². The standard InChI is InChI=1S/C25H28N2O4/c1-29-23-6-4-5-20(17-23)19-31-24-11-14-27(25(28)18-24)21-7-9-22(10-8-21)30-16-15-26-12-2-3-13-26/h4-11,14,17-18H,2-3,12-13,15-16,19H2,1H3. The molecule has 0 amide bonds. The van der Waals surface area contributed by atoms with Crippen LogP contribution in [0.2, 0.25) is 0 Å². The minimum absolute atomic E-state index is 0.147. The molecule has 0 atom stereocenters. The zero-order valence-electron chi connectivity index (χ0n) is 17.8. The van der Waals surface area contributed by atoms with Gasteiger partial charge in [-0.3, -0.25) is 14.3 Å². The topological polar surface area (TPSA) is 52.9 Å². The van der Waals surface area contributed by atoms with Gasteiger partial charge < -0.3 is 14.2 Å². The second-order valence-corrected chi connectivity index (χ2v) is 7.60. The van der Waals surface area contributed by atoms with E-state index in [-0.39, 0.29) is 5.56 Å². The van der Waals surface area contributed by atoms with E-state index in [4.69, 9.17) is 14.2 Å². The average molecular weight is 421 g/mol. The molecule has 0 bridgehead atoms. The van der Waals surface area contributed by atoms with E-state index >= 15 is 0 Å². The lowest BCUT2D eigenvalue weighted by Crippen LogP contribution is -2.25. The molecule has 0 spiro atoms. The van der Waals surface area contributed by atoms with Crippen LogP contribution in [0, 0.1) is 0 Å². The molecular formula is C25H28N2O4. The summed E-state index contributed by atoms with van der Waals surface area (Å²) in [4.78, 5) is 15.0. The summed E-state index contributed by atoms with van der Waals surface area (Å²) < 4.78 is 18.4. The number of benzene rings is 2. The predicted octanol–water partition coefficient (Wildman–Crippen LogP) is 3.90. The van der Waals surface area contributed by atoms with Gasteiger partial charge in [0.15, 0.2) is 0 Å². The van der Waals surface area contributed by atoms with Gasteiger partial charge in [-0.1, -0.05) is 12.1 Å². The summed E-state index contributed by atoms with van der Waals surface area (Å²) in [6.45, 7) is 4.34. The molecule has 0 aliphatic carbocycles. The SMILES string of the molecule is COc1cccc(COc2ccn(-c3ccc(OCCN4CCCC4)cc3)c(=O)c2)c1. The molecule has 3 aromatic rings. The lowest BCUT2D eigenvalue weighted by molar-refractivity contribution is 0.238. The molecule has 1 aliphatic heterocycles. The number of aromatic nitrogens is 1. The van der Waals surface area contributed by atoms with Gasteiger partial charge in [-0.25, -0.2) is 0 Å². The maximum Gasteiger partial charge on any atom is 0.258 e. The van der Waals surface area contributed by atoms with Crippen LogP contribution in [-0.2, 0) is 6.61 Å². The first-order valence-electron chi connectivity index (χ1n) is 10.7. The highest BCUT2D eigenvalue weighted by atomic mass is 16.5. The molecule has 0 unspecified atom stereocenters.